The molecule has 30 heavy (non-hydrogen) atoms. The van der Waals surface area contributed by atoms with Crippen LogP contribution in [0, 0.1) is 0 Å². The largest absolute Gasteiger partial charge is 0.378 e. The van der Waals surface area contributed by atoms with Crippen LogP contribution in [0.2, 0.25) is 5.02 Å². The van der Waals surface area contributed by atoms with Crippen LogP contribution in [0.15, 0.2) is 48.9 Å². The van der Waals surface area contributed by atoms with Crippen LogP contribution in [0.3, 0.4) is 0 Å². The summed E-state index contributed by atoms with van der Waals surface area (Å²) >= 11 is 7.59. The van der Waals surface area contributed by atoms with E-state index in [4.69, 9.17) is 16.3 Å². The zero-order valence-electron chi connectivity index (χ0n) is 16.3. The Kier molecular flexibility index (Phi) is 6.41. The SMILES string of the molecule is CSNc1cc(Cl)cc(NC(=O)c2cnn(-c3cc(N4CCOCC4)ccn3)c2)c1. The summed E-state index contributed by atoms with van der Waals surface area (Å²) in [6.07, 6.45) is 6.83. The summed E-state index contributed by atoms with van der Waals surface area (Å²) in [5, 5.41) is 7.70. The number of morpholine rings is 1. The van der Waals surface area contributed by atoms with Crippen LogP contribution in [0.1, 0.15) is 10.4 Å². The fourth-order valence-corrected chi connectivity index (χ4v) is 3.75. The van der Waals surface area contributed by atoms with Gasteiger partial charge in [0.25, 0.3) is 5.91 Å². The molecule has 1 fully saturated rings. The van der Waals surface area contributed by atoms with Crippen LogP contribution in [-0.2, 0) is 4.74 Å². The van der Waals surface area contributed by atoms with Gasteiger partial charge in [0.1, 0.15) is 0 Å². The standard InChI is InChI=1S/C20H21ClN6O2S/c1-30-25-17-9-15(21)8-16(10-17)24-20(28)14-12-23-27(13-14)19-11-18(2-3-22-19)26-4-6-29-7-5-26/h2-3,8-13,25H,4-7H2,1H3,(H,24,28). The molecule has 1 aromatic carbocycles. The second-order valence-electron chi connectivity index (χ2n) is 6.63. The van der Waals surface area contributed by atoms with Gasteiger partial charge in [0, 0.05) is 59.9 Å². The van der Waals surface area contributed by atoms with Gasteiger partial charge in [0.15, 0.2) is 5.82 Å². The summed E-state index contributed by atoms with van der Waals surface area (Å²) in [7, 11) is 0. The molecule has 0 saturated carbocycles. The van der Waals surface area contributed by atoms with Crippen LogP contribution in [0.25, 0.3) is 5.82 Å². The second-order valence-corrected chi connectivity index (χ2v) is 7.68. The molecule has 156 valence electrons. The quantitative estimate of drug-likeness (QED) is 0.561. The topological polar surface area (TPSA) is 84.3 Å². The average molecular weight is 445 g/mol. The number of nitrogens with zero attached hydrogens (tertiary/aromatic N) is 4. The Morgan fingerprint density at radius 1 is 1.20 bits per heavy atom. The van der Waals surface area contributed by atoms with Crippen molar-refractivity contribution < 1.29 is 9.53 Å². The first kappa shape index (κ1) is 20.5. The summed E-state index contributed by atoms with van der Waals surface area (Å²) < 4.78 is 10.1. The molecule has 0 atom stereocenters. The van der Waals surface area contributed by atoms with Crippen LogP contribution in [0.5, 0.6) is 0 Å². The van der Waals surface area contributed by atoms with Gasteiger partial charge >= 0.3 is 0 Å². The van der Waals surface area contributed by atoms with Gasteiger partial charge in [-0.1, -0.05) is 23.5 Å². The number of carbonyl (C=O) groups is 1. The molecule has 1 aliphatic rings. The Bertz CT molecular complexity index is 1040. The van der Waals surface area contributed by atoms with Crippen molar-refractivity contribution in [3.63, 3.8) is 0 Å². The molecule has 3 heterocycles. The highest BCUT2D eigenvalue weighted by Gasteiger charge is 2.14. The van der Waals surface area contributed by atoms with E-state index < -0.39 is 0 Å². The normalized spacial score (nSPS) is 13.9. The molecule has 0 spiro atoms. The molecule has 0 radical (unpaired) electrons. The van der Waals surface area contributed by atoms with Crippen LogP contribution < -0.4 is 14.9 Å². The Hall–Kier alpha value is -2.75. The van der Waals surface area contributed by atoms with Crippen molar-refractivity contribution >= 4 is 46.5 Å². The fourth-order valence-electron chi connectivity index (χ4n) is 3.16. The lowest BCUT2D eigenvalue weighted by atomic mass is 10.2. The van der Waals surface area contributed by atoms with E-state index in [0.717, 1.165) is 24.5 Å². The first-order valence-corrected chi connectivity index (χ1v) is 11.0. The van der Waals surface area contributed by atoms with Crippen molar-refractivity contribution in [1.29, 1.82) is 0 Å². The lowest BCUT2D eigenvalue weighted by molar-refractivity contribution is 0.102. The molecule has 3 aromatic rings. The fraction of sp³-hybridized carbons (Fsp3) is 0.250. The van der Waals surface area contributed by atoms with Gasteiger partial charge in [-0.15, -0.1) is 0 Å². The monoisotopic (exact) mass is 444 g/mol. The number of pyridine rings is 1. The highest BCUT2D eigenvalue weighted by molar-refractivity contribution is 7.99. The summed E-state index contributed by atoms with van der Waals surface area (Å²) in [5.74, 6) is 0.371. The molecule has 8 nitrogen and oxygen atoms in total. The molecule has 0 aliphatic carbocycles. The first-order valence-electron chi connectivity index (χ1n) is 9.37. The minimum Gasteiger partial charge on any atom is -0.378 e. The lowest BCUT2D eigenvalue weighted by Crippen LogP contribution is -2.36. The molecule has 1 amide bonds. The summed E-state index contributed by atoms with van der Waals surface area (Å²) in [6.45, 7) is 3.09. The van der Waals surface area contributed by atoms with Crippen LogP contribution in [0.4, 0.5) is 17.1 Å². The molecule has 10 heteroatoms. The second kappa shape index (κ2) is 9.38. The van der Waals surface area contributed by atoms with E-state index >= 15 is 0 Å². The predicted molar refractivity (Wildman–Crippen MR) is 121 cm³/mol. The van der Waals surface area contributed by atoms with Gasteiger partial charge in [-0.25, -0.2) is 9.67 Å². The van der Waals surface area contributed by atoms with Crippen molar-refractivity contribution in [1.82, 2.24) is 14.8 Å². The molecule has 2 aromatic heterocycles. The van der Waals surface area contributed by atoms with Crippen LogP contribution >= 0.6 is 23.5 Å². The van der Waals surface area contributed by atoms with Gasteiger partial charge in [0.2, 0.25) is 0 Å². The number of benzene rings is 1. The number of rotatable bonds is 6. The number of ether oxygens (including phenoxy) is 1. The zero-order chi connectivity index (χ0) is 20.9. The number of anilines is 3. The van der Waals surface area contributed by atoms with E-state index in [1.54, 1.807) is 29.2 Å². The Balaban J connectivity index is 1.49. The third-order valence-electron chi connectivity index (χ3n) is 4.56. The Morgan fingerprint density at radius 2 is 2.00 bits per heavy atom. The summed E-state index contributed by atoms with van der Waals surface area (Å²) in [5.41, 5.74) is 2.89. The smallest absolute Gasteiger partial charge is 0.258 e. The Labute approximate surface area is 183 Å². The van der Waals surface area contributed by atoms with E-state index in [0.29, 0.717) is 35.3 Å². The van der Waals surface area contributed by atoms with E-state index in [1.807, 2.05) is 24.5 Å². The van der Waals surface area contributed by atoms with Crippen molar-refractivity contribution in [3.8, 4) is 5.82 Å². The van der Waals surface area contributed by atoms with E-state index in [2.05, 4.69) is 25.0 Å². The molecular formula is C20H21ClN6O2S. The number of carbonyl (C=O) groups excluding carboxylic acids is 1. The zero-order valence-corrected chi connectivity index (χ0v) is 17.9. The Morgan fingerprint density at radius 3 is 2.80 bits per heavy atom. The first-order chi connectivity index (χ1) is 14.6. The van der Waals surface area contributed by atoms with E-state index in [1.165, 1.54) is 18.1 Å². The molecule has 0 bridgehead atoms. The van der Waals surface area contributed by atoms with Crippen molar-refractivity contribution in [2.75, 3.05) is 47.5 Å². The van der Waals surface area contributed by atoms with E-state index in [9.17, 15) is 4.79 Å². The highest BCUT2D eigenvalue weighted by atomic mass is 35.5. The third-order valence-corrected chi connectivity index (χ3v) is 5.22. The lowest BCUT2D eigenvalue weighted by Gasteiger charge is -2.28. The molecule has 4 rings (SSSR count). The van der Waals surface area contributed by atoms with Gasteiger partial charge in [-0.3, -0.25) is 4.79 Å². The van der Waals surface area contributed by atoms with Gasteiger partial charge in [0.05, 0.1) is 25.0 Å². The summed E-state index contributed by atoms with van der Waals surface area (Å²) in [4.78, 5) is 19.3. The number of hydrogen-bond donors (Lipinski definition) is 2. The van der Waals surface area contributed by atoms with Crippen molar-refractivity contribution in [2.24, 2.45) is 0 Å². The highest BCUT2D eigenvalue weighted by Crippen LogP contribution is 2.25. The molecular weight excluding hydrogens is 424 g/mol. The predicted octanol–water partition coefficient (Wildman–Crippen LogP) is 3.70. The molecule has 0 unspecified atom stereocenters. The molecule has 1 aliphatic heterocycles. The number of halogens is 1. The van der Waals surface area contributed by atoms with Crippen molar-refractivity contribution in [3.05, 3.63) is 59.5 Å². The molecule has 1 saturated heterocycles. The number of nitrogens with one attached hydrogen (secondary N) is 2. The minimum atomic E-state index is -0.275. The minimum absolute atomic E-state index is 0.275. The van der Waals surface area contributed by atoms with Gasteiger partial charge in [-0.05, 0) is 24.3 Å². The van der Waals surface area contributed by atoms with Gasteiger partial charge < -0.3 is 19.7 Å². The molecule has 2 N–H and O–H groups in total. The van der Waals surface area contributed by atoms with Crippen molar-refractivity contribution in [2.45, 2.75) is 0 Å². The third kappa shape index (κ3) is 4.86. The maximum atomic E-state index is 12.7. The summed E-state index contributed by atoms with van der Waals surface area (Å²) in [6, 6.07) is 9.22. The van der Waals surface area contributed by atoms with E-state index in [-0.39, 0.29) is 5.91 Å². The number of hydrogen-bond acceptors (Lipinski definition) is 7. The number of aromatic nitrogens is 3. The maximum absolute atomic E-state index is 12.7. The number of amides is 1. The van der Waals surface area contributed by atoms with Crippen LogP contribution in [-0.4, -0.2) is 53.2 Å². The maximum Gasteiger partial charge on any atom is 0.258 e. The average Bonchev–Trinajstić information content (AvgIpc) is 3.25. The van der Waals surface area contributed by atoms with Gasteiger partial charge in [-0.2, -0.15) is 5.10 Å².